The SMILES string of the molecule is CC(C)(N)C(=O)O.O=C(O)/C=C/C(=O)O.O=[N+]([O-])OCCC1CCNCC1. The minimum absolute atomic E-state index is 0.248. The number of piperidine rings is 1. The lowest BCUT2D eigenvalue weighted by atomic mass is 9.95. The van der Waals surface area contributed by atoms with E-state index in [2.05, 4.69) is 10.2 Å². The number of aliphatic carboxylic acids is 3. The van der Waals surface area contributed by atoms with Crippen LogP contribution in [0.5, 0.6) is 0 Å². The zero-order valence-electron chi connectivity index (χ0n) is 15.3. The Morgan fingerprint density at radius 1 is 1.19 bits per heavy atom. The van der Waals surface area contributed by atoms with E-state index in [1.807, 2.05) is 0 Å². The summed E-state index contributed by atoms with van der Waals surface area (Å²) in [5.74, 6) is -2.89. The predicted octanol–water partition coefficient (Wildman–Crippen LogP) is 0.105. The molecule has 12 nitrogen and oxygen atoms in total. The molecule has 0 unspecified atom stereocenters. The monoisotopic (exact) mass is 393 g/mol. The Labute approximate surface area is 156 Å². The molecule has 0 aliphatic carbocycles. The Kier molecular flexibility index (Phi) is 14.2. The second-order valence-corrected chi connectivity index (χ2v) is 6.08. The molecular weight excluding hydrogens is 366 g/mol. The standard InChI is InChI=1S/C7H14N2O3.C4H9NO2.C4H4O4/c10-9(11)12-6-3-7-1-4-8-5-2-7;1-4(2,5)3(6)7;5-3(6)1-2-4(7)8/h7-8H,1-6H2;5H2,1-2H3,(H,6,7);1-2H,(H,5,6)(H,7,8)/b;;2-1+. The lowest BCUT2D eigenvalue weighted by Crippen LogP contribution is -2.41. The lowest BCUT2D eigenvalue weighted by Gasteiger charge is -2.21. The maximum atomic E-state index is 9.90. The van der Waals surface area contributed by atoms with Gasteiger partial charge < -0.3 is 31.2 Å². The van der Waals surface area contributed by atoms with Crippen LogP contribution in [0, 0.1) is 16.0 Å². The summed E-state index contributed by atoms with van der Waals surface area (Å²) >= 11 is 0. The number of carboxylic acids is 3. The third-order valence-electron chi connectivity index (χ3n) is 3.10. The van der Waals surface area contributed by atoms with Crippen molar-refractivity contribution in [1.29, 1.82) is 0 Å². The van der Waals surface area contributed by atoms with Crippen LogP contribution in [0.15, 0.2) is 12.2 Å². The van der Waals surface area contributed by atoms with Crippen LogP contribution in [0.25, 0.3) is 0 Å². The van der Waals surface area contributed by atoms with Crippen LogP contribution >= 0.6 is 0 Å². The molecule has 1 rings (SSSR count). The van der Waals surface area contributed by atoms with Gasteiger partial charge in [-0.05, 0) is 52.1 Å². The Balaban J connectivity index is 0. The van der Waals surface area contributed by atoms with Gasteiger partial charge in [0, 0.05) is 12.2 Å². The van der Waals surface area contributed by atoms with E-state index in [0.717, 1.165) is 32.4 Å². The van der Waals surface area contributed by atoms with Gasteiger partial charge in [-0.3, -0.25) is 4.79 Å². The first-order valence-electron chi connectivity index (χ1n) is 8.00. The zero-order valence-corrected chi connectivity index (χ0v) is 15.3. The number of nitrogens with zero attached hydrogens (tertiary/aromatic N) is 1. The summed E-state index contributed by atoms with van der Waals surface area (Å²) in [5.41, 5.74) is 4.00. The molecule has 1 fully saturated rings. The smallest absolute Gasteiger partial charge is 0.328 e. The number of nitrogens with one attached hydrogen (secondary N) is 1. The first kappa shape index (κ1) is 26.5. The highest BCUT2D eigenvalue weighted by Crippen LogP contribution is 2.15. The average Bonchev–Trinajstić information content (AvgIpc) is 2.54. The number of carboxylic acid groups (broad SMARTS) is 3. The third-order valence-corrected chi connectivity index (χ3v) is 3.10. The summed E-state index contributed by atoms with van der Waals surface area (Å²) in [4.78, 5) is 43.1. The maximum absolute atomic E-state index is 9.90. The van der Waals surface area contributed by atoms with Gasteiger partial charge in [-0.2, -0.15) is 0 Å². The fourth-order valence-electron chi connectivity index (χ4n) is 1.61. The van der Waals surface area contributed by atoms with E-state index in [-0.39, 0.29) is 6.61 Å². The molecule has 0 bridgehead atoms. The van der Waals surface area contributed by atoms with Crippen LogP contribution in [-0.2, 0) is 19.2 Å². The molecule has 1 saturated heterocycles. The molecule has 1 aliphatic rings. The summed E-state index contributed by atoms with van der Waals surface area (Å²) < 4.78 is 0. The molecule has 0 saturated carbocycles. The van der Waals surface area contributed by atoms with Crippen molar-refractivity contribution in [2.45, 2.75) is 38.6 Å². The van der Waals surface area contributed by atoms with Crippen LogP contribution in [-0.4, -0.2) is 63.5 Å². The summed E-state index contributed by atoms with van der Waals surface area (Å²) in [6.07, 6.45) is 4.15. The fourth-order valence-corrected chi connectivity index (χ4v) is 1.61. The van der Waals surface area contributed by atoms with Crippen molar-refractivity contribution in [3.8, 4) is 0 Å². The summed E-state index contributed by atoms with van der Waals surface area (Å²) in [5, 5.41) is 36.1. The number of carbonyl (C=O) groups is 3. The molecule has 0 aromatic carbocycles. The molecular formula is C15H27N3O9. The van der Waals surface area contributed by atoms with Gasteiger partial charge in [-0.25, -0.2) is 9.59 Å². The van der Waals surface area contributed by atoms with Gasteiger partial charge in [0.1, 0.15) is 5.54 Å². The fraction of sp³-hybridized carbons (Fsp3) is 0.667. The molecule has 0 atom stereocenters. The Morgan fingerprint density at radius 2 is 1.59 bits per heavy atom. The van der Waals surface area contributed by atoms with E-state index >= 15 is 0 Å². The van der Waals surface area contributed by atoms with E-state index in [1.54, 1.807) is 0 Å². The van der Waals surface area contributed by atoms with Crippen molar-refractivity contribution in [3.63, 3.8) is 0 Å². The van der Waals surface area contributed by atoms with Gasteiger partial charge in [0.25, 0.3) is 5.09 Å². The van der Waals surface area contributed by atoms with Gasteiger partial charge >= 0.3 is 17.9 Å². The zero-order chi connectivity index (χ0) is 21.5. The van der Waals surface area contributed by atoms with Crippen LogP contribution in [0.2, 0.25) is 0 Å². The van der Waals surface area contributed by atoms with Crippen molar-refractivity contribution < 1.29 is 39.6 Å². The van der Waals surface area contributed by atoms with E-state index in [0.29, 0.717) is 18.1 Å². The molecule has 156 valence electrons. The van der Waals surface area contributed by atoms with Gasteiger partial charge in [-0.15, -0.1) is 10.1 Å². The third kappa shape index (κ3) is 21.2. The molecule has 1 aliphatic heterocycles. The molecule has 6 N–H and O–H groups in total. The van der Waals surface area contributed by atoms with Crippen molar-refractivity contribution in [2.24, 2.45) is 11.7 Å². The molecule has 0 aromatic rings. The molecule has 0 aromatic heterocycles. The summed E-state index contributed by atoms with van der Waals surface area (Å²) in [6.45, 7) is 5.19. The summed E-state index contributed by atoms with van der Waals surface area (Å²) in [6, 6.07) is 0. The second-order valence-electron chi connectivity index (χ2n) is 6.08. The quantitative estimate of drug-likeness (QED) is 0.223. The molecule has 0 radical (unpaired) electrons. The lowest BCUT2D eigenvalue weighted by molar-refractivity contribution is -0.758. The van der Waals surface area contributed by atoms with Crippen LogP contribution < -0.4 is 11.1 Å². The van der Waals surface area contributed by atoms with Gasteiger partial charge in [-0.1, -0.05) is 0 Å². The number of nitrogens with two attached hydrogens (primary N) is 1. The average molecular weight is 393 g/mol. The molecule has 0 spiro atoms. The van der Waals surface area contributed by atoms with E-state index in [4.69, 9.17) is 21.1 Å². The Morgan fingerprint density at radius 3 is 1.89 bits per heavy atom. The minimum Gasteiger partial charge on any atom is -0.480 e. The molecule has 1 heterocycles. The van der Waals surface area contributed by atoms with Crippen molar-refractivity contribution in [3.05, 3.63) is 22.3 Å². The van der Waals surface area contributed by atoms with Gasteiger partial charge in [0.2, 0.25) is 0 Å². The van der Waals surface area contributed by atoms with Crippen LogP contribution in [0.3, 0.4) is 0 Å². The molecule has 0 amide bonds. The molecule has 12 heteroatoms. The number of rotatable bonds is 7. The Hall–Kier alpha value is -2.73. The van der Waals surface area contributed by atoms with Gasteiger partial charge in [0.05, 0.1) is 6.61 Å². The number of hydrogen-bond donors (Lipinski definition) is 5. The van der Waals surface area contributed by atoms with Gasteiger partial charge in [0.15, 0.2) is 0 Å². The second kappa shape index (κ2) is 14.4. The summed E-state index contributed by atoms with van der Waals surface area (Å²) in [7, 11) is 0. The first-order valence-corrected chi connectivity index (χ1v) is 8.00. The number of hydrogen-bond acceptors (Lipinski definition) is 8. The van der Waals surface area contributed by atoms with E-state index < -0.39 is 28.5 Å². The largest absolute Gasteiger partial charge is 0.480 e. The topological polar surface area (TPSA) is 202 Å². The minimum atomic E-state index is -1.26. The van der Waals surface area contributed by atoms with E-state index in [1.165, 1.54) is 13.8 Å². The van der Waals surface area contributed by atoms with Crippen molar-refractivity contribution >= 4 is 17.9 Å². The molecule has 27 heavy (non-hydrogen) atoms. The first-order chi connectivity index (χ1) is 12.4. The van der Waals surface area contributed by atoms with Crippen LogP contribution in [0.4, 0.5) is 0 Å². The Bertz CT molecular complexity index is 493. The van der Waals surface area contributed by atoms with Crippen molar-refractivity contribution in [2.75, 3.05) is 19.7 Å². The highest BCUT2D eigenvalue weighted by atomic mass is 16.9. The highest BCUT2D eigenvalue weighted by molar-refractivity contribution is 5.89. The predicted molar refractivity (Wildman–Crippen MR) is 93.5 cm³/mol. The normalized spacial score (nSPS) is 14.2. The van der Waals surface area contributed by atoms with Crippen molar-refractivity contribution in [1.82, 2.24) is 5.32 Å². The maximum Gasteiger partial charge on any atom is 0.328 e. The van der Waals surface area contributed by atoms with E-state index in [9.17, 15) is 24.5 Å². The van der Waals surface area contributed by atoms with Crippen LogP contribution in [0.1, 0.15) is 33.1 Å². The highest BCUT2D eigenvalue weighted by Gasteiger charge is 2.19.